The van der Waals surface area contributed by atoms with Crippen LogP contribution in [0.5, 0.6) is 0 Å². The fourth-order valence-electron chi connectivity index (χ4n) is 2.68. The Balaban J connectivity index is 1.60. The molecule has 0 fully saturated rings. The first-order valence-corrected chi connectivity index (χ1v) is 11.1. The lowest BCUT2D eigenvalue weighted by Crippen LogP contribution is -2.30. The average Bonchev–Trinajstić information content (AvgIpc) is 2.79. The molecule has 0 aliphatic heterocycles. The second-order valence-electron chi connectivity index (χ2n) is 6.84. The largest absolute Gasteiger partial charge is 0.449 e. The Morgan fingerprint density at radius 1 is 0.909 bits per heavy atom. The van der Waals surface area contributed by atoms with E-state index in [1.807, 2.05) is 0 Å². The van der Waals surface area contributed by atoms with Crippen molar-refractivity contribution in [2.45, 2.75) is 17.9 Å². The highest BCUT2D eigenvalue weighted by atomic mass is 32.2. The summed E-state index contributed by atoms with van der Waals surface area (Å²) in [4.78, 5) is 34.7. The molecule has 0 bridgehead atoms. The third-order valence-electron chi connectivity index (χ3n) is 4.43. The highest BCUT2D eigenvalue weighted by Crippen LogP contribution is 2.18. The van der Waals surface area contributed by atoms with E-state index < -0.39 is 32.9 Å². The van der Waals surface area contributed by atoms with Crippen molar-refractivity contribution in [1.82, 2.24) is 0 Å². The number of benzene rings is 3. The summed E-state index contributed by atoms with van der Waals surface area (Å²) >= 11 is 0. The Hall–Kier alpha value is -4.25. The van der Waals surface area contributed by atoms with E-state index in [-0.39, 0.29) is 16.1 Å². The molecule has 0 saturated carbocycles. The monoisotopic (exact) mass is 469 g/mol. The maximum absolute atomic E-state index is 12.5. The van der Waals surface area contributed by atoms with Crippen LogP contribution in [0.15, 0.2) is 83.8 Å². The molecule has 0 aliphatic rings. The predicted octanol–water partition coefficient (Wildman–Crippen LogP) is 3.58. The number of anilines is 2. The summed E-state index contributed by atoms with van der Waals surface area (Å²) in [5, 5.41) is 13.2. The molecule has 33 heavy (non-hydrogen) atoms. The standard InChI is InChI=1S/C22H19N3O7S/c1-15(21(26)23-17-9-11-19(12-10-17)25(28)29)32-22(27)16-7-13-20(14-8-16)33(30,31)24-18-5-3-2-4-6-18/h2-15,24H,1H3,(H,23,26). The summed E-state index contributed by atoms with van der Waals surface area (Å²) in [5.41, 5.74) is 0.628. The van der Waals surface area contributed by atoms with Gasteiger partial charge in [0.2, 0.25) is 0 Å². The van der Waals surface area contributed by atoms with Gasteiger partial charge in [0.1, 0.15) is 0 Å². The van der Waals surface area contributed by atoms with Crippen LogP contribution in [-0.2, 0) is 19.6 Å². The summed E-state index contributed by atoms with van der Waals surface area (Å²) in [6.45, 7) is 1.36. The van der Waals surface area contributed by atoms with E-state index in [0.717, 1.165) is 0 Å². The zero-order valence-electron chi connectivity index (χ0n) is 17.3. The lowest BCUT2D eigenvalue weighted by Gasteiger charge is -2.14. The van der Waals surface area contributed by atoms with Crippen molar-refractivity contribution in [3.63, 3.8) is 0 Å². The number of nitrogens with zero attached hydrogens (tertiary/aromatic N) is 1. The number of rotatable bonds is 8. The fourth-order valence-corrected chi connectivity index (χ4v) is 3.74. The minimum Gasteiger partial charge on any atom is -0.449 e. The number of carbonyl (C=O) groups is 2. The van der Waals surface area contributed by atoms with Crippen LogP contribution in [0.4, 0.5) is 17.1 Å². The van der Waals surface area contributed by atoms with Crippen molar-refractivity contribution in [3.8, 4) is 0 Å². The molecule has 0 spiro atoms. The lowest BCUT2D eigenvalue weighted by molar-refractivity contribution is -0.384. The molecule has 11 heteroatoms. The molecule has 3 rings (SSSR count). The number of carbonyl (C=O) groups excluding carboxylic acids is 2. The number of para-hydroxylation sites is 1. The number of nitro benzene ring substituents is 1. The number of non-ortho nitro benzene ring substituents is 1. The van der Waals surface area contributed by atoms with Gasteiger partial charge in [-0.05, 0) is 55.5 Å². The summed E-state index contributed by atoms with van der Waals surface area (Å²) in [6.07, 6.45) is -1.17. The first-order valence-electron chi connectivity index (χ1n) is 9.60. The number of amides is 1. The number of hydrogen-bond acceptors (Lipinski definition) is 7. The first-order chi connectivity index (χ1) is 15.7. The topological polar surface area (TPSA) is 145 Å². The Morgan fingerprint density at radius 2 is 1.52 bits per heavy atom. The van der Waals surface area contributed by atoms with E-state index in [4.69, 9.17) is 4.74 Å². The fraction of sp³-hybridized carbons (Fsp3) is 0.0909. The number of esters is 1. The van der Waals surface area contributed by atoms with Gasteiger partial charge in [0, 0.05) is 23.5 Å². The average molecular weight is 469 g/mol. The van der Waals surface area contributed by atoms with Crippen molar-refractivity contribution < 1.29 is 27.7 Å². The van der Waals surface area contributed by atoms with E-state index in [1.165, 1.54) is 55.5 Å². The molecular formula is C22H19N3O7S. The number of hydrogen-bond donors (Lipinski definition) is 2. The van der Waals surface area contributed by atoms with Crippen LogP contribution in [0.25, 0.3) is 0 Å². The van der Waals surface area contributed by atoms with E-state index in [0.29, 0.717) is 11.4 Å². The third-order valence-corrected chi connectivity index (χ3v) is 5.82. The summed E-state index contributed by atoms with van der Waals surface area (Å²) in [5.74, 6) is -1.45. The van der Waals surface area contributed by atoms with E-state index in [1.54, 1.807) is 30.3 Å². The summed E-state index contributed by atoms with van der Waals surface area (Å²) in [6, 6.07) is 18.6. The Morgan fingerprint density at radius 3 is 2.09 bits per heavy atom. The molecule has 3 aromatic carbocycles. The maximum atomic E-state index is 12.5. The van der Waals surface area contributed by atoms with Crippen LogP contribution < -0.4 is 10.0 Å². The molecule has 3 aromatic rings. The minimum absolute atomic E-state index is 0.0492. The van der Waals surface area contributed by atoms with Crippen LogP contribution in [0.1, 0.15) is 17.3 Å². The molecule has 0 aliphatic carbocycles. The third kappa shape index (κ3) is 6.14. The van der Waals surface area contributed by atoms with Gasteiger partial charge in [0.15, 0.2) is 6.10 Å². The number of nitro groups is 1. The van der Waals surface area contributed by atoms with Gasteiger partial charge in [0.05, 0.1) is 15.4 Å². The van der Waals surface area contributed by atoms with E-state index in [2.05, 4.69) is 10.0 Å². The smallest absolute Gasteiger partial charge is 0.338 e. The van der Waals surface area contributed by atoms with Gasteiger partial charge in [-0.1, -0.05) is 18.2 Å². The van der Waals surface area contributed by atoms with Crippen LogP contribution in [0.3, 0.4) is 0 Å². The van der Waals surface area contributed by atoms with Crippen molar-refractivity contribution in [1.29, 1.82) is 0 Å². The zero-order valence-corrected chi connectivity index (χ0v) is 18.1. The first kappa shape index (κ1) is 23.4. The molecule has 1 unspecified atom stereocenters. The Kier molecular flexibility index (Phi) is 7.04. The lowest BCUT2D eigenvalue weighted by atomic mass is 10.2. The van der Waals surface area contributed by atoms with Crippen LogP contribution in [-0.4, -0.2) is 31.3 Å². The van der Waals surface area contributed by atoms with Gasteiger partial charge in [-0.3, -0.25) is 19.6 Å². The van der Waals surface area contributed by atoms with E-state index in [9.17, 15) is 28.1 Å². The highest BCUT2D eigenvalue weighted by Gasteiger charge is 2.21. The van der Waals surface area contributed by atoms with Crippen LogP contribution in [0.2, 0.25) is 0 Å². The Bertz CT molecular complexity index is 1260. The van der Waals surface area contributed by atoms with Crippen LogP contribution >= 0.6 is 0 Å². The summed E-state index contributed by atoms with van der Waals surface area (Å²) < 4.78 is 32.5. The van der Waals surface area contributed by atoms with Crippen molar-refractivity contribution in [2.75, 3.05) is 10.0 Å². The molecule has 0 heterocycles. The van der Waals surface area contributed by atoms with Crippen molar-refractivity contribution in [3.05, 3.63) is 94.5 Å². The highest BCUT2D eigenvalue weighted by molar-refractivity contribution is 7.92. The van der Waals surface area contributed by atoms with Crippen molar-refractivity contribution >= 4 is 39.0 Å². The Labute approximate surface area is 189 Å². The molecule has 1 atom stereocenters. The van der Waals surface area contributed by atoms with Gasteiger partial charge in [-0.15, -0.1) is 0 Å². The molecule has 0 aromatic heterocycles. The van der Waals surface area contributed by atoms with Gasteiger partial charge in [-0.2, -0.15) is 0 Å². The summed E-state index contributed by atoms with van der Waals surface area (Å²) in [7, 11) is -3.84. The number of ether oxygens (including phenoxy) is 1. The second kappa shape index (κ2) is 9.92. The molecule has 10 nitrogen and oxygen atoms in total. The second-order valence-corrected chi connectivity index (χ2v) is 8.52. The van der Waals surface area contributed by atoms with Gasteiger partial charge in [0.25, 0.3) is 21.6 Å². The molecular weight excluding hydrogens is 450 g/mol. The molecule has 2 N–H and O–H groups in total. The van der Waals surface area contributed by atoms with Gasteiger partial charge >= 0.3 is 5.97 Å². The number of sulfonamides is 1. The molecule has 0 saturated heterocycles. The zero-order chi connectivity index (χ0) is 24.0. The SMILES string of the molecule is CC(OC(=O)c1ccc(S(=O)(=O)Nc2ccccc2)cc1)C(=O)Nc1ccc([N+](=O)[O-])cc1. The van der Waals surface area contributed by atoms with Crippen LogP contribution in [0, 0.1) is 10.1 Å². The normalized spacial score (nSPS) is 11.8. The quantitative estimate of drug-likeness (QED) is 0.291. The predicted molar refractivity (Wildman–Crippen MR) is 120 cm³/mol. The molecule has 1 amide bonds. The van der Waals surface area contributed by atoms with Gasteiger partial charge < -0.3 is 10.1 Å². The molecule has 170 valence electrons. The molecule has 0 radical (unpaired) electrons. The van der Waals surface area contributed by atoms with Gasteiger partial charge in [-0.25, -0.2) is 13.2 Å². The maximum Gasteiger partial charge on any atom is 0.338 e. The van der Waals surface area contributed by atoms with E-state index >= 15 is 0 Å². The number of nitrogens with one attached hydrogen (secondary N) is 2. The van der Waals surface area contributed by atoms with Crippen molar-refractivity contribution in [2.24, 2.45) is 0 Å². The minimum atomic E-state index is -3.84.